The summed E-state index contributed by atoms with van der Waals surface area (Å²) in [4.78, 5) is 21.2. The molecule has 1 amide bonds. The lowest BCUT2D eigenvalue weighted by Crippen LogP contribution is -2.49. The quantitative estimate of drug-likeness (QED) is 0.855. The number of carbonyl (C=O) groups is 1. The molecule has 0 N–H and O–H groups in total. The van der Waals surface area contributed by atoms with Gasteiger partial charge in [-0.15, -0.1) is 0 Å². The van der Waals surface area contributed by atoms with E-state index in [0.717, 1.165) is 49.7 Å². The van der Waals surface area contributed by atoms with Gasteiger partial charge in [-0.05, 0) is 37.5 Å². The van der Waals surface area contributed by atoms with Crippen molar-refractivity contribution in [3.63, 3.8) is 0 Å². The van der Waals surface area contributed by atoms with Crippen molar-refractivity contribution in [1.29, 1.82) is 0 Å². The maximum atomic E-state index is 12.1. The Kier molecular flexibility index (Phi) is 3.10. The molecular formula is C16H19N3OS. The number of aryl methyl sites for hydroxylation is 1. The Labute approximate surface area is 128 Å². The highest BCUT2D eigenvalue weighted by Crippen LogP contribution is 2.33. The van der Waals surface area contributed by atoms with Crippen molar-refractivity contribution in [1.82, 2.24) is 9.88 Å². The van der Waals surface area contributed by atoms with Crippen LogP contribution >= 0.6 is 11.3 Å². The molecule has 1 aliphatic carbocycles. The number of amides is 1. The van der Waals surface area contributed by atoms with Crippen molar-refractivity contribution < 1.29 is 4.79 Å². The van der Waals surface area contributed by atoms with E-state index in [1.54, 1.807) is 11.3 Å². The van der Waals surface area contributed by atoms with Crippen LogP contribution in [0.4, 0.5) is 5.13 Å². The predicted molar refractivity (Wildman–Crippen MR) is 85.9 cm³/mol. The van der Waals surface area contributed by atoms with E-state index in [2.05, 4.69) is 30.0 Å². The monoisotopic (exact) mass is 301 g/mol. The number of piperazine rings is 1. The van der Waals surface area contributed by atoms with Crippen molar-refractivity contribution in [2.45, 2.75) is 19.8 Å². The summed E-state index contributed by atoms with van der Waals surface area (Å²) in [5, 5.41) is 1.09. The van der Waals surface area contributed by atoms with Gasteiger partial charge >= 0.3 is 0 Å². The minimum atomic E-state index is 0.335. The normalized spacial score (nSPS) is 19.3. The van der Waals surface area contributed by atoms with Crippen molar-refractivity contribution in [3.8, 4) is 0 Å². The summed E-state index contributed by atoms with van der Waals surface area (Å²) < 4.78 is 1.25. The smallest absolute Gasteiger partial charge is 0.225 e. The fourth-order valence-electron chi connectivity index (χ4n) is 2.86. The average molecular weight is 301 g/mol. The van der Waals surface area contributed by atoms with Crippen molar-refractivity contribution in [2.24, 2.45) is 5.92 Å². The van der Waals surface area contributed by atoms with Crippen molar-refractivity contribution in [2.75, 3.05) is 31.1 Å². The van der Waals surface area contributed by atoms with E-state index in [4.69, 9.17) is 4.98 Å². The van der Waals surface area contributed by atoms with Crippen LogP contribution in [0.25, 0.3) is 10.2 Å². The molecule has 2 heterocycles. The van der Waals surface area contributed by atoms with E-state index < -0.39 is 0 Å². The van der Waals surface area contributed by atoms with Gasteiger partial charge in [-0.1, -0.05) is 17.4 Å². The number of benzene rings is 1. The number of hydrogen-bond donors (Lipinski definition) is 0. The lowest BCUT2D eigenvalue weighted by atomic mass is 10.2. The second-order valence-corrected chi connectivity index (χ2v) is 7.06. The van der Waals surface area contributed by atoms with Crippen LogP contribution in [0.5, 0.6) is 0 Å². The minimum Gasteiger partial charge on any atom is -0.345 e. The number of hydrogen-bond acceptors (Lipinski definition) is 4. The number of rotatable bonds is 2. The maximum Gasteiger partial charge on any atom is 0.225 e. The van der Waals surface area contributed by atoms with Gasteiger partial charge in [0.05, 0.1) is 10.2 Å². The Balaban J connectivity index is 1.48. The molecule has 0 radical (unpaired) electrons. The second kappa shape index (κ2) is 4.98. The molecule has 5 heteroatoms. The molecule has 0 spiro atoms. The standard InChI is InChI=1S/C16H19N3OS/c1-11-2-5-13-14(10-11)21-16(17-13)19-8-6-18(7-9-19)15(20)12-3-4-12/h2,5,10,12H,3-4,6-9H2,1H3. The van der Waals surface area contributed by atoms with E-state index in [-0.39, 0.29) is 0 Å². The van der Waals surface area contributed by atoms with E-state index in [9.17, 15) is 4.79 Å². The largest absolute Gasteiger partial charge is 0.345 e. The topological polar surface area (TPSA) is 36.4 Å². The Morgan fingerprint density at radius 3 is 2.71 bits per heavy atom. The highest BCUT2D eigenvalue weighted by atomic mass is 32.1. The number of carbonyl (C=O) groups excluding carboxylic acids is 1. The van der Waals surface area contributed by atoms with Gasteiger partial charge in [0.15, 0.2) is 5.13 Å². The number of fused-ring (bicyclic) bond motifs is 1. The molecule has 4 nitrogen and oxygen atoms in total. The van der Waals surface area contributed by atoms with Crippen LogP contribution in [-0.2, 0) is 4.79 Å². The molecule has 4 rings (SSSR count). The van der Waals surface area contributed by atoms with E-state index in [1.807, 2.05) is 4.90 Å². The zero-order chi connectivity index (χ0) is 14.4. The zero-order valence-electron chi connectivity index (χ0n) is 12.2. The molecular weight excluding hydrogens is 282 g/mol. The average Bonchev–Trinajstić information content (AvgIpc) is 3.26. The number of nitrogens with zero attached hydrogens (tertiary/aromatic N) is 3. The molecule has 2 fully saturated rings. The summed E-state index contributed by atoms with van der Waals surface area (Å²) in [6.45, 7) is 5.59. The third-order valence-corrected chi connectivity index (χ3v) is 5.40. The molecule has 21 heavy (non-hydrogen) atoms. The first-order chi connectivity index (χ1) is 10.2. The zero-order valence-corrected chi connectivity index (χ0v) is 13.0. The molecule has 1 saturated heterocycles. The molecule has 2 aliphatic rings. The lowest BCUT2D eigenvalue weighted by Gasteiger charge is -2.34. The van der Waals surface area contributed by atoms with Gasteiger partial charge in [0.25, 0.3) is 0 Å². The number of thiazole rings is 1. The summed E-state index contributed by atoms with van der Waals surface area (Å²) in [7, 11) is 0. The molecule has 0 unspecified atom stereocenters. The van der Waals surface area contributed by atoms with Gasteiger partial charge < -0.3 is 9.80 Å². The summed E-state index contributed by atoms with van der Waals surface area (Å²) in [6, 6.07) is 6.40. The van der Waals surface area contributed by atoms with Crippen LogP contribution < -0.4 is 4.90 Å². The van der Waals surface area contributed by atoms with Gasteiger partial charge in [0.1, 0.15) is 0 Å². The maximum absolute atomic E-state index is 12.1. The minimum absolute atomic E-state index is 0.335. The lowest BCUT2D eigenvalue weighted by molar-refractivity contribution is -0.132. The first-order valence-corrected chi connectivity index (χ1v) is 8.43. The van der Waals surface area contributed by atoms with Crippen molar-refractivity contribution >= 4 is 32.6 Å². The number of aromatic nitrogens is 1. The van der Waals surface area contributed by atoms with E-state index >= 15 is 0 Å². The van der Waals surface area contributed by atoms with Crippen LogP contribution in [0, 0.1) is 12.8 Å². The Hall–Kier alpha value is -1.62. The SMILES string of the molecule is Cc1ccc2nc(N3CCN(C(=O)C4CC4)CC3)sc2c1. The van der Waals surface area contributed by atoms with E-state index in [0.29, 0.717) is 11.8 Å². The summed E-state index contributed by atoms with van der Waals surface area (Å²) in [5.74, 6) is 0.705. The van der Waals surface area contributed by atoms with Crippen LogP contribution in [0.1, 0.15) is 18.4 Å². The molecule has 1 aromatic carbocycles. The van der Waals surface area contributed by atoms with E-state index in [1.165, 1.54) is 10.3 Å². The molecule has 2 aromatic rings. The highest BCUT2D eigenvalue weighted by Gasteiger charge is 2.34. The highest BCUT2D eigenvalue weighted by molar-refractivity contribution is 7.22. The number of anilines is 1. The van der Waals surface area contributed by atoms with Crippen LogP contribution in [0.2, 0.25) is 0 Å². The predicted octanol–water partition coefficient (Wildman–Crippen LogP) is 2.66. The van der Waals surface area contributed by atoms with Crippen molar-refractivity contribution in [3.05, 3.63) is 23.8 Å². The Bertz CT molecular complexity index is 684. The molecule has 0 atom stereocenters. The summed E-state index contributed by atoms with van der Waals surface area (Å²) >= 11 is 1.76. The first kappa shape index (κ1) is 13.1. The summed E-state index contributed by atoms with van der Waals surface area (Å²) in [5.41, 5.74) is 2.36. The Morgan fingerprint density at radius 1 is 1.24 bits per heavy atom. The van der Waals surface area contributed by atoms with Gasteiger partial charge in [-0.2, -0.15) is 0 Å². The van der Waals surface area contributed by atoms with Crippen LogP contribution in [0.15, 0.2) is 18.2 Å². The molecule has 1 aromatic heterocycles. The third kappa shape index (κ3) is 2.50. The molecule has 1 aliphatic heterocycles. The molecule has 1 saturated carbocycles. The third-order valence-electron chi connectivity index (χ3n) is 4.32. The Morgan fingerprint density at radius 2 is 2.00 bits per heavy atom. The second-order valence-electron chi connectivity index (χ2n) is 6.05. The van der Waals surface area contributed by atoms with Crippen LogP contribution in [0.3, 0.4) is 0 Å². The molecule has 110 valence electrons. The van der Waals surface area contributed by atoms with Gasteiger partial charge in [0, 0.05) is 32.1 Å². The first-order valence-electron chi connectivity index (χ1n) is 7.61. The van der Waals surface area contributed by atoms with Gasteiger partial charge in [-0.25, -0.2) is 4.98 Å². The van der Waals surface area contributed by atoms with Crippen LogP contribution in [-0.4, -0.2) is 42.0 Å². The van der Waals surface area contributed by atoms with Gasteiger partial charge in [0.2, 0.25) is 5.91 Å². The molecule has 0 bridgehead atoms. The fraction of sp³-hybridized carbons (Fsp3) is 0.500. The summed E-state index contributed by atoms with van der Waals surface area (Å²) in [6.07, 6.45) is 2.19. The fourth-order valence-corrected chi connectivity index (χ4v) is 3.98. The van der Waals surface area contributed by atoms with Gasteiger partial charge in [-0.3, -0.25) is 4.79 Å².